The summed E-state index contributed by atoms with van der Waals surface area (Å²) in [6.45, 7) is 5.66. The molecule has 0 saturated carbocycles. The Labute approximate surface area is 162 Å². The van der Waals surface area contributed by atoms with Crippen molar-refractivity contribution in [3.63, 3.8) is 0 Å². The maximum atomic E-state index is 12.6. The van der Waals surface area contributed by atoms with Gasteiger partial charge in [0.2, 0.25) is 0 Å². The third-order valence-corrected chi connectivity index (χ3v) is 4.42. The van der Waals surface area contributed by atoms with E-state index in [-0.39, 0.29) is 11.8 Å². The fraction of sp³-hybridized carbons (Fsp3) is 0.300. The van der Waals surface area contributed by atoms with Gasteiger partial charge in [-0.25, -0.2) is 0 Å². The molecule has 0 saturated heterocycles. The summed E-state index contributed by atoms with van der Waals surface area (Å²) in [5.74, 6) is -0.115. The number of anilines is 1. The number of nitrogens with one attached hydrogen (secondary N) is 1. The number of amides is 2. The average molecular weight is 450 g/mol. The second-order valence-corrected chi connectivity index (χ2v) is 7.08. The summed E-state index contributed by atoms with van der Waals surface area (Å²) in [4.78, 5) is 26.7. The topological polar surface area (TPSA) is 49.4 Å². The van der Waals surface area contributed by atoms with Gasteiger partial charge in [-0.15, -0.1) is 0 Å². The van der Waals surface area contributed by atoms with Crippen LogP contribution in [0, 0.1) is 3.57 Å². The predicted octanol–water partition coefficient (Wildman–Crippen LogP) is 4.81. The normalized spacial score (nSPS) is 10.4. The molecule has 0 aliphatic carbocycles. The molecule has 0 bridgehead atoms. The van der Waals surface area contributed by atoms with Crippen LogP contribution in [-0.4, -0.2) is 29.8 Å². The lowest BCUT2D eigenvalue weighted by Crippen LogP contribution is -2.32. The lowest BCUT2D eigenvalue weighted by atomic mass is 10.1. The van der Waals surface area contributed by atoms with E-state index >= 15 is 0 Å². The van der Waals surface area contributed by atoms with Crippen molar-refractivity contribution in [1.82, 2.24) is 4.90 Å². The zero-order chi connectivity index (χ0) is 18.2. The predicted molar refractivity (Wildman–Crippen MR) is 110 cm³/mol. The number of carbonyl (C=O) groups excluding carboxylic acids is 2. The third-order valence-electron chi connectivity index (χ3n) is 3.75. The molecule has 132 valence electrons. The molecule has 4 nitrogen and oxygen atoms in total. The van der Waals surface area contributed by atoms with E-state index in [0.29, 0.717) is 16.8 Å². The first-order chi connectivity index (χ1) is 12.0. The number of halogens is 1. The van der Waals surface area contributed by atoms with Crippen molar-refractivity contribution in [1.29, 1.82) is 0 Å². The van der Waals surface area contributed by atoms with E-state index in [1.165, 1.54) is 0 Å². The Morgan fingerprint density at radius 3 is 2.16 bits per heavy atom. The lowest BCUT2D eigenvalue weighted by molar-refractivity contribution is 0.0755. The van der Waals surface area contributed by atoms with Gasteiger partial charge in [0.05, 0.1) is 0 Å². The molecule has 0 aliphatic rings. The van der Waals surface area contributed by atoms with Gasteiger partial charge in [-0.2, -0.15) is 0 Å². The number of hydrogen-bond donors (Lipinski definition) is 1. The molecule has 0 fully saturated rings. The average Bonchev–Trinajstić information content (AvgIpc) is 2.61. The molecular weight excluding hydrogens is 427 g/mol. The summed E-state index contributed by atoms with van der Waals surface area (Å²) in [6.07, 6.45) is 1.88. The molecule has 2 aromatic rings. The van der Waals surface area contributed by atoms with Crippen LogP contribution in [-0.2, 0) is 0 Å². The van der Waals surface area contributed by atoms with Crippen LogP contribution < -0.4 is 5.32 Å². The molecule has 0 atom stereocenters. The monoisotopic (exact) mass is 450 g/mol. The molecule has 1 N–H and O–H groups in total. The summed E-state index contributed by atoms with van der Waals surface area (Å²) < 4.78 is 1.01. The van der Waals surface area contributed by atoms with Crippen LogP contribution in [0.3, 0.4) is 0 Å². The minimum Gasteiger partial charge on any atom is -0.339 e. The second kappa shape index (κ2) is 9.56. The van der Waals surface area contributed by atoms with Gasteiger partial charge < -0.3 is 10.2 Å². The Bertz CT molecular complexity index is 723. The molecule has 0 radical (unpaired) electrons. The first kappa shape index (κ1) is 19.4. The number of carbonyl (C=O) groups is 2. The van der Waals surface area contributed by atoms with Gasteiger partial charge in [0.15, 0.2) is 0 Å². The van der Waals surface area contributed by atoms with Crippen molar-refractivity contribution in [2.45, 2.75) is 26.7 Å². The van der Waals surface area contributed by atoms with E-state index in [0.717, 1.165) is 29.5 Å². The summed E-state index contributed by atoms with van der Waals surface area (Å²) >= 11 is 2.18. The van der Waals surface area contributed by atoms with E-state index in [9.17, 15) is 9.59 Å². The summed E-state index contributed by atoms with van der Waals surface area (Å²) in [5.41, 5.74) is 1.94. The van der Waals surface area contributed by atoms with E-state index in [2.05, 4.69) is 41.8 Å². The van der Waals surface area contributed by atoms with Crippen molar-refractivity contribution in [2.75, 3.05) is 18.4 Å². The van der Waals surface area contributed by atoms with Crippen LogP contribution in [0.1, 0.15) is 47.4 Å². The standard InChI is InChI=1S/C20H23IN2O2/c1-3-12-23(13-4-2)20(25)15-8-10-18(11-9-15)22-19(24)16-6-5-7-17(21)14-16/h5-11,14H,3-4,12-13H2,1-2H3,(H,22,24). The fourth-order valence-electron chi connectivity index (χ4n) is 2.57. The first-order valence-electron chi connectivity index (χ1n) is 8.51. The third kappa shape index (κ3) is 5.56. The van der Waals surface area contributed by atoms with Crippen molar-refractivity contribution in [3.8, 4) is 0 Å². The summed E-state index contributed by atoms with van der Waals surface area (Å²) in [7, 11) is 0. The highest BCUT2D eigenvalue weighted by atomic mass is 127. The van der Waals surface area contributed by atoms with Crippen LogP contribution in [0.25, 0.3) is 0 Å². The molecule has 0 heterocycles. The fourth-order valence-corrected chi connectivity index (χ4v) is 3.11. The largest absolute Gasteiger partial charge is 0.339 e. The Balaban J connectivity index is 2.06. The number of nitrogens with zero attached hydrogens (tertiary/aromatic N) is 1. The molecule has 0 aliphatic heterocycles. The maximum absolute atomic E-state index is 12.6. The quantitative estimate of drug-likeness (QED) is 0.616. The van der Waals surface area contributed by atoms with Gasteiger partial charge in [-0.05, 0) is 77.9 Å². The van der Waals surface area contributed by atoms with Crippen LogP contribution in [0.4, 0.5) is 5.69 Å². The van der Waals surface area contributed by atoms with Gasteiger partial charge >= 0.3 is 0 Å². The zero-order valence-corrected chi connectivity index (χ0v) is 16.7. The van der Waals surface area contributed by atoms with Crippen molar-refractivity contribution >= 4 is 40.1 Å². The highest BCUT2D eigenvalue weighted by Crippen LogP contribution is 2.15. The lowest BCUT2D eigenvalue weighted by Gasteiger charge is -2.21. The molecule has 5 heteroatoms. The van der Waals surface area contributed by atoms with Gasteiger partial charge in [0.1, 0.15) is 0 Å². The van der Waals surface area contributed by atoms with Crippen LogP contribution >= 0.6 is 22.6 Å². The van der Waals surface area contributed by atoms with Crippen LogP contribution in [0.5, 0.6) is 0 Å². The van der Waals surface area contributed by atoms with Crippen LogP contribution in [0.15, 0.2) is 48.5 Å². The Kier molecular flexibility index (Phi) is 7.43. The van der Waals surface area contributed by atoms with Gasteiger partial charge in [-0.3, -0.25) is 9.59 Å². The van der Waals surface area contributed by atoms with Crippen molar-refractivity contribution in [3.05, 3.63) is 63.2 Å². The van der Waals surface area contributed by atoms with E-state index in [4.69, 9.17) is 0 Å². The first-order valence-corrected chi connectivity index (χ1v) is 9.59. The number of hydrogen-bond acceptors (Lipinski definition) is 2. The van der Waals surface area contributed by atoms with E-state index < -0.39 is 0 Å². The molecule has 0 spiro atoms. The molecule has 0 aromatic heterocycles. The summed E-state index contributed by atoms with van der Waals surface area (Å²) in [6, 6.07) is 14.5. The van der Waals surface area contributed by atoms with Gasteiger partial charge in [-0.1, -0.05) is 19.9 Å². The highest BCUT2D eigenvalue weighted by Gasteiger charge is 2.14. The maximum Gasteiger partial charge on any atom is 0.255 e. The SMILES string of the molecule is CCCN(CCC)C(=O)c1ccc(NC(=O)c2cccc(I)c2)cc1. The molecule has 25 heavy (non-hydrogen) atoms. The van der Waals surface area contributed by atoms with Crippen molar-refractivity contribution < 1.29 is 9.59 Å². The molecule has 2 rings (SSSR count). The highest BCUT2D eigenvalue weighted by molar-refractivity contribution is 14.1. The Hall–Kier alpha value is -1.89. The second-order valence-electron chi connectivity index (χ2n) is 5.83. The molecule has 0 unspecified atom stereocenters. The molecular formula is C20H23IN2O2. The van der Waals surface area contributed by atoms with Crippen LogP contribution in [0.2, 0.25) is 0 Å². The summed E-state index contributed by atoms with van der Waals surface area (Å²) in [5, 5.41) is 2.86. The van der Waals surface area contributed by atoms with Gasteiger partial charge in [0, 0.05) is 33.5 Å². The van der Waals surface area contributed by atoms with E-state index in [1.54, 1.807) is 30.3 Å². The minimum absolute atomic E-state index is 0.0409. The van der Waals surface area contributed by atoms with Gasteiger partial charge in [0.25, 0.3) is 11.8 Å². The number of rotatable bonds is 7. The van der Waals surface area contributed by atoms with E-state index in [1.807, 2.05) is 23.1 Å². The number of benzene rings is 2. The molecule has 2 amide bonds. The zero-order valence-electron chi connectivity index (χ0n) is 14.6. The minimum atomic E-state index is -0.156. The Morgan fingerprint density at radius 2 is 1.60 bits per heavy atom. The molecule has 2 aromatic carbocycles. The Morgan fingerprint density at radius 1 is 0.960 bits per heavy atom. The van der Waals surface area contributed by atoms with Crippen molar-refractivity contribution in [2.24, 2.45) is 0 Å². The smallest absolute Gasteiger partial charge is 0.255 e.